The third-order valence-corrected chi connectivity index (χ3v) is 7.61. The van der Waals surface area contributed by atoms with Crippen LogP contribution in [0.2, 0.25) is 0 Å². The van der Waals surface area contributed by atoms with Gasteiger partial charge in [0.1, 0.15) is 5.60 Å². The van der Waals surface area contributed by atoms with E-state index in [2.05, 4.69) is 4.98 Å². The van der Waals surface area contributed by atoms with E-state index in [0.29, 0.717) is 36.3 Å². The maximum absolute atomic E-state index is 13.8. The van der Waals surface area contributed by atoms with E-state index in [0.717, 1.165) is 18.2 Å². The molecule has 1 aromatic heterocycles. The second-order valence-electron chi connectivity index (χ2n) is 9.15. The number of aromatic nitrogens is 1. The van der Waals surface area contributed by atoms with Crippen LogP contribution in [0.25, 0.3) is 10.8 Å². The summed E-state index contributed by atoms with van der Waals surface area (Å²) in [6.07, 6.45) is 5.47. The average Bonchev–Trinajstić information content (AvgIpc) is 3.51. The Labute approximate surface area is 178 Å². The molecule has 1 aromatic carbocycles. The maximum Gasteiger partial charge on any atom is 0.410 e. The molecule has 1 aliphatic carbocycles. The van der Waals surface area contributed by atoms with Gasteiger partial charge in [-0.05, 0) is 58.1 Å². The van der Waals surface area contributed by atoms with Crippen LogP contribution in [0.4, 0.5) is 4.79 Å². The van der Waals surface area contributed by atoms with E-state index < -0.39 is 15.6 Å². The maximum atomic E-state index is 13.8. The predicted octanol–water partition coefficient (Wildman–Crippen LogP) is 3.64. The quantitative estimate of drug-likeness (QED) is 0.741. The molecule has 0 spiro atoms. The molecular weight excluding hydrogens is 402 g/mol. The Morgan fingerprint density at radius 2 is 1.93 bits per heavy atom. The van der Waals surface area contributed by atoms with Crippen molar-refractivity contribution in [1.29, 1.82) is 0 Å². The number of hydrogen-bond acceptors (Lipinski definition) is 5. The molecule has 2 fully saturated rings. The van der Waals surface area contributed by atoms with E-state index in [1.165, 1.54) is 0 Å². The summed E-state index contributed by atoms with van der Waals surface area (Å²) in [4.78, 5) is 18.8. The van der Waals surface area contributed by atoms with E-state index in [9.17, 15) is 13.2 Å². The van der Waals surface area contributed by atoms with Gasteiger partial charge in [-0.3, -0.25) is 4.98 Å². The third-order valence-electron chi connectivity index (χ3n) is 5.63. The highest BCUT2D eigenvalue weighted by molar-refractivity contribution is 7.89. The van der Waals surface area contributed by atoms with Gasteiger partial charge >= 0.3 is 6.09 Å². The standard InChI is InChI=1S/C22H29N3O4S/c1-22(2,3)29-21(26)24-12-5-13-25(19(15-24)16-8-9-16)30(27,28)20-7-4-6-17-14-23-11-10-18(17)20/h4,6-7,10-11,14,16,19H,5,8-9,12-13,15H2,1-3H3. The molecule has 30 heavy (non-hydrogen) atoms. The summed E-state index contributed by atoms with van der Waals surface area (Å²) >= 11 is 0. The van der Waals surface area contributed by atoms with E-state index >= 15 is 0 Å². The first-order valence-electron chi connectivity index (χ1n) is 10.5. The van der Waals surface area contributed by atoms with Crippen LogP contribution in [-0.2, 0) is 14.8 Å². The molecule has 0 N–H and O–H groups in total. The SMILES string of the molecule is CC(C)(C)OC(=O)N1CCCN(S(=O)(=O)c2cccc3cnccc23)C(C2CC2)C1. The van der Waals surface area contributed by atoms with Gasteiger partial charge in [-0.25, -0.2) is 13.2 Å². The first-order chi connectivity index (χ1) is 14.2. The lowest BCUT2D eigenvalue weighted by molar-refractivity contribution is 0.0236. The fourth-order valence-electron chi connectivity index (χ4n) is 4.09. The Morgan fingerprint density at radius 3 is 2.63 bits per heavy atom. The molecule has 1 saturated carbocycles. The van der Waals surface area contributed by atoms with Gasteiger partial charge in [0.05, 0.1) is 4.90 Å². The van der Waals surface area contributed by atoms with Crippen LogP contribution in [0.15, 0.2) is 41.6 Å². The molecule has 1 aliphatic heterocycles. The zero-order valence-electron chi connectivity index (χ0n) is 17.7. The summed E-state index contributed by atoms with van der Waals surface area (Å²) < 4.78 is 34.7. The number of hydrogen-bond donors (Lipinski definition) is 0. The second-order valence-corrected chi connectivity index (χ2v) is 11.0. The van der Waals surface area contributed by atoms with Crippen molar-refractivity contribution >= 4 is 26.9 Å². The van der Waals surface area contributed by atoms with Gasteiger partial charge in [-0.2, -0.15) is 4.31 Å². The highest BCUT2D eigenvalue weighted by Crippen LogP contribution is 2.39. The van der Waals surface area contributed by atoms with Crippen LogP contribution in [0, 0.1) is 5.92 Å². The zero-order chi connectivity index (χ0) is 21.5. The molecule has 1 saturated heterocycles. The van der Waals surface area contributed by atoms with Gasteiger partial charge in [0, 0.05) is 48.8 Å². The molecule has 2 aromatic rings. The van der Waals surface area contributed by atoms with Crippen molar-refractivity contribution in [2.24, 2.45) is 5.92 Å². The monoisotopic (exact) mass is 431 g/mol. The highest BCUT2D eigenvalue weighted by Gasteiger charge is 2.44. The average molecular weight is 432 g/mol. The molecular formula is C22H29N3O4S. The van der Waals surface area contributed by atoms with Crippen LogP contribution in [0.3, 0.4) is 0 Å². The zero-order valence-corrected chi connectivity index (χ0v) is 18.6. The molecule has 162 valence electrons. The lowest BCUT2D eigenvalue weighted by atomic mass is 10.2. The van der Waals surface area contributed by atoms with E-state index in [-0.39, 0.29) is 18.1 Å². The number of pyridine rings is 1. The molecule has 1 amide bonds. The number of rotatable bonds is 3. The topological polar surface area (TPSA) is 79.8 Å². The van der Waals surface area contributed by atoms with Crippen molar-refractivity contribution in [3.63, 3.8) is 0 Å². The largest absolute Gasteiger partial charge is 0.444 e. The summed E-state index contributed by atoms with van der Waals surface area (Å²) in [5.74, 6) is 0.277. The molecule has 1 unspecified atom stereocenters. The molecule has 2 heterocycles. The minimum Gasteiger partial charge on any atom is -0.444 e. The number of benzene rings is 1. The Bertz CT molecular complexity index is 1040. The first kappa shape index (κ1) is 21.1. The van der Waals surface area contributed by atoms with E-state index in [4.69, 9.17) is 4.74 Å². The normalized spacial score (nSPS) is 21.4. The minimum atomic E-state index is -3.72. The molecule has 0 radical (unpaired) electrons. The first-order valence-corrected chi connectivity index (χ1v) is 11.9. The molecule has 7 nitrogen and oxygen atoms in total. The minimum absolute atomic E-state index is 0.234. The number of amides is 1. The summed E-state index contributed by atoms with van der Waals surface area (Å²) in [5.41, 5.74) is -0.582. The van der Waals surface area contributed by atoms with Crippen molar-refractivity contribution in [2.75, 3.05) is 19.6 Å². The van der Waals surface area contributed by atoms with E-state index in [1.54, 1.807) is 39.8 Å². The number of carbonyl (C=O) groups excluding carboxylic acids is 1. The fourth-order valence-corrected chi connectivity index (χ4v) is 6.02. The van der Waals surface area contributed by atoms with Gasteiger partial charge in [-0.15, -0.1) is 0 Å². The summed E-state index contributed by atoms with van der Waals surface area (Å²) in [7, 11) is -3.72. The van der Waals surface area contributed by atoms with Crippen molar-refractivity contribution < 1.29 is 17.9 Å². The third kappa shape index (κ3) is 4.30. The second kappa shape index (κ2) is 7.81. The number of fused-ring (bicyclic) bond motifs is 1. The lowest BCUT2D eigenvalue weighted by Gasteiger charge is -2.32. The van der Waals surface area contributed by atoms with Gasteiger partial charge in [0.15, 0.2) is 0 Å². The number of nitrogens with zero attached hydrogens (tertiary/aromatic N) is 3. The predicted molar refractivity (Wildman–Crippen MR) is 115 cm³/mol. The van der Waals surface area contributed by atoms with Crippen molar-refractivity contribution in [3.05, 3.63) is 36.7 Å². The smallest absolute Gasteiger partial charge is 0.410 e. The van der Waals surface area contributed by atoms with Gasteiger partial charge in [0.2, 0.25) is 10.0 Å². The molecule has 0 bridgehead atoms. The Morgan fingerprint density at radius 1 is 1.17 bits per heavy atom. The van der Waals surface area contributed by atoms with Crippen LogP contribution in [0.1, 0.15) is 40.0 Å². The van der Waals surface area contributed by atoms with Gasteiger partial charge < -0.3 is 9.64 Å². The Kier molecular flexibility index (Phi) is 5.48. The lowest BCUT2D eigenvalue weighted by Crippen LogP contribution is -2.47. The van der Waals surface area contributed by atoms with Crippen molar-refractivity contribution in [1.82, 2.24) is 14.2 Å². The highest BCUT2D eigenvalue weighted by atomic mass is 32.2. The fraction of sp³-hybridized carbons (Fsp3) is 0.545. The van der Waals surface area contributed by atoms with Gasteiger partial charge in [0.25, 0.3) is 0 Å². The molecule has 2 aliphatic rings. The number of ether oxygens (including phenoxy) is 1. The van der Waals surface area contributed by atoms with Crippen LogP contribution >= 0.6 is 0 Å². The molecule has 1 atom stereocenters. The summed E-state index contributed by atoms with van der Waals surface area (Å²) in [6, 6.07) is 6.81. The van der Waals surface area contributed by atoms with Crippen LogP contribution in [-0.4, -0.2) is 60.0 Å². The van der Waals surface area contributed by atoms with Crippen LogP contribution < -0.4 is 0 Å². The van der Waals surface area contributed by atoms with Gasteiger partial charge in [-0.1, -0.05) is 12.1 Å². The van der Waals surface area contributed by atoms with Crippen LogP contribution in [0.5, 0.6) is 0 Å². The molecule has 8 heteroatoms. The Hall–Kier alpha value is -2.19. The van der Waals surface area contributed by atoms with E-state index in [1.807, 2.05) is 26.8 Å². The summed E-state index contributed by atoms with van der Waals surface area (Å²) in [5, 5.41) is 1.47. The van der Waals surface area contributed by atoms with Crippen molar-refractivity contribution in [2.45, 2.75) is 56.6 Å². The summed E-state index contributed by atoms with van der Waals surface area (Å²) in [6.45, 7) is 6.77. The number of carbonyl (C=O) groups is 1. The molecule has 4 rings (SSSR count). The van der Waals surface area contributed by atoms with Crippen molar-refractivity contribution in [3.8, 4) is 0 Å². The number of sulfonamides is 1. The Balaban J connectivity index is 1.67.